The Bertz CT molecular complexity index is 6420. The molecule has 0 aromatic heterocycles. The molecule has 15 aromatic carbocycles. The van der Waals surface area contributed by atoms with Crippen molar-refractivity contribution in [1.29, 1.82) is 0 Å². The van der Waals surface area contributed by atoms with Gasteiger partial charge in [0.25, 0.3) is 0 Å². The highest BCUT2D eigenvalue weighted by Crippen LogP contribution is 2.58. The Kier molecular flexibility index (Phi) is 15.9. The van der Waals surface area contributed by atoms with Gasteiger partial charge in [-0.3, -0.25) is 0 Å². The second-order valence-electron chi connectivity index (χ2n) is 34.2. The molecule has 0 fully saturated rings. The van der Waals surface area contributed by atoms with Crippen LogP contribution in [-0.4, -0.2) is 6.04 Å². The SMILES string of the molecule is CC1(C)C2=CC(N(c3ccc4c(c3)C(C)(C)c3ccccc3-4)c3ccc4c(-c5ccc(N(C6=CCCC=C6)c6ccccc6)cc5)c5cc(N(c6ccc7c(c6)C(C)(C)c6ccccc6-7)c6ccc7c(c6)C(C)(C)c6ccccc6-7)ccc5c(-c5ccc(N(c6ccccc6)c6ccccc6)cc5)c4c3)CC=C2c2ccccc21. The highest BCUT2D eigenvalue weighted by Gasteiger charge is 2.43. The normalized spacial score (nSPS) is 16.3. The van der Waals surface area contributed by atoms with Crippen molar-refractivity contribution in [3.05, 3.63) is 414 Å². The van der Waals surface area contributed by atoms with Crippen LogP contribution in [0.15, 0.2) is 369 Å². The van der Waals surface area contributed by atoms with E-state index in [1.54, 1.807) is 0 Å². The van der Waals surface area contributed by atoms with Crippen LogP contribution >= 0.6 is 0 Å². The van der Waals surface area contributed by atoms with Gasteiger partial charge in [0.1, 0.15) is 0 Å². The zero-order chi connectivity index (χ0) is 76.9. The van der Waals surface area contributed by atoms with Crippen molar-refractivity contribution in [1.82, 2.24) is 0 Å². The molecule has 6 aliphatic carbocycles. The van der Waals surface area contributed by atoms with Gasteiger partial charge in [-0.1, -0.05) is 286 Å². The van der Waals surface area contributed by atoms with Crippen LogP contribution in [-0.2, 0) is 21.7 Å². The molecule has 0 radical (unpaired) electrons. The molecular weight excluding hydrogens is 1380 g/mol. The number of benzene rings is 15. The van der Waals surface area contributed by atoms with Gasteiger partial charge in [0, 0.05) is 84.2 Å². The summed E-state index contributed by atoms with van der Waals surface area (Å²) in [6.07, 6.45) is 15.0. The number of anilines is 10. The van der Waals surface area contributed by atoms with Crippen molar-refractivity contribution in [2.75, 3.05) is 19.6 Å². The summed E-state index contributed by atoms with van der Waals surface area (Å²) in [6.45, 7) is 19.3. The van der Waals surface area contributed by atoms with E-state index in [4.69, 9.17) is 0 Å². The van der Waals surface area contributed by atoms with Gasteiger partial charge in [-0.05, 0) is 279 Å². The molecule has 15 aromatic rings. The standard InChI is InChI=1S/C110H90N4/c1-107(2)97-41-25-21-37-85(97)89-59-53-81(67-101(89)107)113(82-54-60-90-86-38-22-26-42-98(86)108(3,4)102(90)68-82)79-57-63-93-95(65-79)105(71-45-49-77(50-46-71)111(73-29-13-9-14-30-73)74-31-15-10-16-32-74)94-64-58-80(66-96(94)106(93)72-47-51-78(52-48-72)112(75-33-17-11-18-34-75)76-35-19-12-20-36-76)114(83-55-61-91-87-39-23-27-43-99(87)109(5,6)103(91)69-83)84-56-62-92-88-40-24-28-44-100(88)110(7,8)104(92)70-84/h9-11,13-19,21-53,55-70,82H,12,20,54H2,1-8H3. The summed E-state index contributed by atoms with van der Waals surface area (Å²) in [4.78, 5) is 10.1. The molecule has 0 heterocycles. The fourth-order valence-electron chi connectivity index (χ4n) is 20.6. The van der Waals surface area contributed by atoms with Crippen molar-refractivity contribution in [2.24, 2.45) is 0 Å². The zero-order valence-electron chi connectivity index (χ0n) is 66.1. The van der Waals surface area contributed by atoms with Crippen molar-refractivity contribution in [2.45, 2.75) is 102 Å². The lowest BCUT2D eigenvalue weighted by Crippen LogP contribution is -2.32. The second-order valence-corrected chi connectivity index (χ2v) is 34.2. The van der Waals surface area contributed by atoms with Crippen LogP contribution in [0.25, 0.3) is 82.8 Å². The van der Waals surface area contributed by atoms with Gasteiger partial charge in [0.2, 0.25) is 0 Å². The van der Waals surface area contributed by atoms with Crippen molar-refractivity contribution < 1.29 is 0 Å². The third-order valence-electron chi connectivity index (χ3n) is 26.3. The van der Waals surface area contributed by atoms with E-state index in [1.807, 2.05) is 0 Å². The Balaban J connectivity index is 0.836. The van der Waals surface area contributed by atoms with Crippen LogP contribution in [0.5, 0.6) is 0 Å². The minimum Gasteiger partial charge on any atom is -0.334 e. The third-order valence-corrected chi connectivity index (χ3v) is 26.3. The van der Waals surface area contributed by atoms with E-state index in [0.29, 0.717) is 0 Å². The largest absolute Gasteiger partial charge is 0.334 e. The fraction of sp³-hybridized carbons (Fsp3) is 0.145. The van der Waals surface area contributed by atoms with E-state index in [1.165, 1.54) is 128 Å². The molecule has 0 saturated carbocycles. The number of rotatable bonds is 14. The Hall–Kier alpha value is -13.0. The first-order valence-corrected chi connectivity index (χ1v) is 40.8. The monoisotopic (exact) mass is 1470 g/mol. The van der Waals surface area contributed by atoms with Crippen LogP contribution in [0, 0.1) is 0 Å². The summed E-state index contributed by atoms with van der Waals surface area (Å²) >= 11 is 0. The van der Waals surface area contributed by atoms with Crippen LogP contribution in [0.4, 0.5) is 56.9 Å². The van der Waals surface area contributed by atoms with E-state index in [-0.39, 0.29) is 27.7 Å². The minimum absolute atomic E-state index is 0.0231. The van der Waals surface area contributed by atoms with Crippen LogP contribution in [0.1, 0.15) is 119 Å². The summed E-state index contributed by atoms with van der Waals surface area (Å²) < 4.78 is 0. The highest BCUT2D eigenvalue weighted by molar-refractivity contribution is 6.23. The molecule has 0 saturated heterocycles. The molecule has 0 spiro atoms. The molecule has 0 bridgehead atoms. The molecule has 550 valence electrons. The molecule has 6 aliphatic rings. The van der Waals surface area contributed by atoms with Crippen molar-refractivity contribution >= 4 is 84.0 Å². The predicted molar refractivity (Wildman–Crippen MR) is 482 cm³/mol. The summed E-state index contributed by atoms with van der Waals surface area (Å²) in [7, 11) is 0. The lowest BCUT2D eigenvalue weighted by Gasteiger charge is -2.36. The molecule has 0 N–H and O–H groups in total. The molecule has 0 aliphatic heterocycles. The third kappa shape index (κ3) is 10.8. The number of nitrogens with zero attached hydrogens (tertiary/aromatic N) is 4. The van der Waals surface area contributed by atoms with Gasteiger partial charge in [-0.15, -0.1) is 0 Å². The number of allylic oxidation sites excluding steroid dienone is 5. The summed E-state index contributed by atoms with van der Waals surface area (Å²) in [5, 5.41) is 4.68. The summed E-state index contributed by atoms with van der Waals surface area (Å²) in [5.74, 6) is 0. The zero-order valence-corrected chi connectivity index (χ0v) is 66.1. The lowest BCUT2D eigenvalue weighted by atomic mass is 9.79. The first-order chi connectivity index (χ1) is 55.6. The quantitative estimate of drug-likeness (QED) is 0.101. The maximum atomic E-state index is 2.70. The minimum atomic E-state index is -0.232. The molecule has 4 heteroatoms. The number of fused-ring (bicyclic) bond motifs is 14. The topological polar surface area (TPSA) is 13.0 Å². The van der Waals surface area contributed by atoms with Crippen molar-refractivity contribution in [3.8, 4) is 55.6 Å². The van der Waals surface area contributed by atoms with Crippen LogP contribution < -0.4 is 19.6 Å². The molecule has 0 amide bonds. The van der Waals surface area contributed by atoms with E-state index >= 15 is 0 Å². The Morgan fingerprint density at radius 2 is 0.605 bits per heavy atom. The molecule has 1 unspecified atom stereocenters. The van der Waals surface area contributed by atoms with Gasteiger partial charge >= 0.3 is 0 Å². The van der Waals surface area contributed by atoms with Crippen LogP contribution in [0.3, 0.4) is 0 Å². The summed E-state index contributed by atoms with van der Waals surface area (Å²) in [6, 6.07) is 125. The van der Waals surface area contributed by atoms with Crippen LogP contribution in [0.2, 0.25) is 0 Å². The fourth-order valence-corrected chi connectivity index (χ4v) is 20.6. The highest BCUT2D eigenvalue weighted by atomic mass is 15.2. The average molecular weight is 1470 g/mol. The van der Waals surface area contributed by atoms with Gasteiger partial charge < -0.3 is 19.6 Å². The first-order valence-electron chi connectivity index (χ1n) is 40.8. The molecule has 21 rings (SSSR count). The summed E-state index contributed by atoms with van der Waals surface area (Å²) in [5.41, 5.74) is 37.5. The molecule has 4 nitrogen and oxygen atoms in total. The van der Waals surface area contributed by atoms with E-state index in [2.05, 4.69) is 433 Å². The molecule has 114 heavy (non-hydrogen) atoms. The van der Waals surface area contributed by atoms with Gasteiger partial charge in [0.15, 0.2) is 0 Å². The van der Waals surface area contributed by atoms with Gasteiger partial charge in [0.05, 0.1) is 6.04 Å². The van der Waals surface area contributed by atoms with Crippen molar-refractivity contribution in [3.63, 3.8) is 0 Å². The van der Waals surface area contributed by atoms with E-state index < -0.39 is 0 Å². The smallest absolute Gasteiger partial charge is 0.0563 e. The van der Waals surface area contributed by atoms with E-state index in [0.717, 1.165) is 87.0 Å². The predicted octanol–water partition coefficient (Wildman–Crippen LogP) is 29.8. The number of hydrogen-bond acceptors (Lipinski definition) is 4. The number of para-hydroxylation sites is 3. The first kappa shape index (κ1) is 69.0. The second kappa shape index (κ2) is 26.3. The lowest BCUT2D eigenvalue weighted by molar-refractivity contribution is 0.644. The Morgan fingerprint density at radius 3 is 1.08 bits per heavy atom. The Morgan fingerprint density at radius 1 is 0.263 bits per heavy atom. The molecular formula is C110H90N4. The maximum absolute atomic E-state index is 2.70. The Labute approximate surface area is 670 Å². The van der Waals surface area contributed by atoms with Gasteiger partial charge in [-0.2, -0.15) is 0 Å². The van der Waals surface area contributed by atoms with Gasteiger partial charge in [-0.25, -0.2) is 0 Å². The molecule has 1 atom stereocenters. The maximum Gasteiger partial charge on any atom is 0.0563 e. The van der Waals surface area contributed by atoms with E-state index in [9.17, 15) is 0 Å². The number of hydrogen-bond donors (Lipinski definition) is 0. The average Bonchev–Trinajstić information content (AvgIpc) is 1.36.